The first-order valence-corrected chi connectivity index (χ1v) is 4.37. The molecular weight excluding hydrogens is 172 g/mol. The van der Waals surface area contributed by atoms with Crippen molar-refractivity contribution in [2.45, 2.75) is 25.2 Å². The fraction of sp³-hybridized carbons (Fsp3) is 0.667. The molecular formula is C9H12O4. The molecule has 13 heavy (non-hydrogen) atoms. The van der Waals surface area contributed by atoms with E-state index in [0.717, 1.165) is 12.8 Å². The zero-order chi connectivity index (χ0) is 9.42. The molecule has 2 N–H and O–H groups in total. The van der Waals surface area contributed by atoms with Crippen LogP contribution in [0.3, 0.4) is 0 Å². The van der Waals surface area contributed by atoms with E-state index < -0.39 is 6.29 Å². The van der Waals surface area contributed by atoms with Crippen LogP contribution in [0.4, 0.5) is 0 Å². The Labute approximate surface area is 75.8 Å². The molecule has 0 radical (unpaired) electrons. The molecule has 3 atom stereocenters. The number of ether oxygens (including phenoxy) is 1. The summed E-state index contributed by atoms with van der Waals surface area (Å²) in [5.74, 6) is -0.0925. The smallest absolute Gasteiger partial charge is 0.293 e. The molecule has 0 aromatic heterocycles. The Balaban J connectivity index is 2.09. The molecule has 0 saturated heterocycles. The minimum Gasteiger partial charge on any atom is -0.460 e. The number of hydrogen-bond donors (Lipinski definition) is 2. The number of carbonyl (C=O) groups excluding carboxylic acids is 1. The topological polar surface area (TPSA) is 66.8 Å². The van der Waals surface area contributed by atoms with E-state index in [1.165, 1.54) is 5.57 Å². The molecule has 0 aromatic rings. The highest BCUT2D eigenvalue weighted by Gasteiger charge is 2.44. The van der Waals surface area contributed by atoms with E-state index in [9.17, 15) is 4.79 Å². The van der Waals surface area contributed by atoms with Crippen molar-refractivity contribution in [2.24, 2.45) is 11.8 Å². The number of aliphatic hydroxyl groups is 2. The first-order chi connectivity index (χ1) is 6.22. The number of aliphatic hydroxyl groups excluding tert-OH is 1. The van der Waals surface area contributed by atoms with Crippen LogP contribution in [-0.4, -0.2) is 29.1 Å². The van der Waals surface area contributed by atoms with Gasteiger partial charge in [0.2, 0.25) is 0 Å². The lowest BCUT2D eigenvalue weighted by molar-refractivity contribution is -0.140. The highest BCUT2D eigenvalue weighted by atomic mass is 16.5. The monoisotopic (exact) mass is 184 g/mol. The molecule has 0 aromatic carbocycles. The lowest BCUT2D eigenvalue weighted by Crippen LogP contribution is -2.32. The fourth-order valence-corrected chi connectivity index (χ4v) is 2.37. The van der Waals surface area contributed by atoms with Gasteiger partial charge in [0.15, 0.2) is 6.29 Å². The van der Waals surface area contributed by atoms with Crippen molar-refractivity contribution in [1.29, 1.82) is 0 Å². The molecule has 2 bridgehead atoms. The van der Waals surface area contributed by atoms with E-state index in [4.69, 9.17) is 14.9 Å². The van der Waals surface area contributed by atoms with E-state index in [2.05, 4.69) is 0 Å². The summed E-state index contributed by atoms with van der Waals surface area (Å²) < 4.78 is 4.84. The van der Waals surface area contributed by atoms with Gasteiger partial charge in [-0.05, 0) is 18.9 Å². The first-order valence-electron chi connectivity index (χ1n) is 4.37. The number of allylic oxidation sites excluding steroid dienone is 1. The molecule has 1 fully saturated rings. The number of hydrogen-bond acceptors (Lipinski definition) is 4. The number of rotatable bonds is 3. The standard InChI is InChI=1S/C9H12O4/c10-4-13-8-3-5-1-6(8)7(2-5)9(11)12/h3-4,6-9,11-12H,1-2H2. The van der Waals surface area contributed by atoms with Crippen molar-refractivity contribution < 1.29 is 19.7 Å². The van der Waals surface area contributed by atoms with E-state index in [0.29, 0.717) is 6.47 Å². The third-order valence-corrected chi connectivity index (χ3v) is 2.96. The minimum absolute atomic E-state index is 0.0696. The minimum atomic E-state index is -1.30. The molecule has 2 aliphatic carbocycles. The fourth-order valence-electron chi connectivity index (χ4n) is 2.37. The predicted molar refractivity (Wildman–Crippen MR) is 43.5 cm³/mol. The Morgan fingerprint density at radius 1 is 1.54 bits per heavy atom. The van der Waals surface area contributed by atoms with Gasteiger partial charge in [-0.15, -0.1) is 0 Å². The Bertz CT molecular complexity index is 246. The Hall–Kier alpha value is -0.870. The molecule has 0 heterocycles. The second-order valence-electron chi connectivity index (χ2n) is 3.67. The molecule has 2 rings (SSSR count). The average molecular weight is 184 g/mol. The van der Waals surface area contributed by atoms with E-state index in [1.54, 1.807) is 0 Å². The van der Waals surface area contributed by atoms with Gasteiger partial charge in [0, 0.05) is 11.8 Å². The molecule has 1 saturated carbocycles. The van der Waals surface area contributed by atoms with Gasteiger partial charge >= 0.3 is 0 Å². The van der Waals surface area contributed by atoms with Crippen LogP contribution in [0.2, 0.25) is 0 Å². The van der Waals surface area contributed by atoms with Gasteiger partial charge in [-0.3, -0.25) is 4.79 Å². The van der Waals surface area contributed by atoms with Crippen LogP contribution in [-0.2, 0) is 9.53 Å². The van der Waals surface area contributed by atoms with Gasteiger partial charge in [0.1, 0.15) is 6.10 Å². The Morgan fingerprint density at radius 3 is 2.85 bits per heavy atom. The summed E-state index contributed by atoms with van der Waals surface area (Å²) in [5, 5.41) is 18.1. The summed E-state index contributed by atoms with van der Waals surface area (Å²) >= 11 is 0. The molecule has 2 aliphatic rings. The summed E-state index contributed by atoms with van der Waals surface area (Å²) in [6, 6.07) is 0. The molecule has 0 aliphatic heterocycles. The summed E-state index contributed by atoms with van der Waals surface area (Å²) in [7, 11) is 0. The second-order valence-corrected chi connectivity index (χ2v) is 3.67. The van der Waals surface area contributed by atoms with Gasteiger partial charge in [0.25, 0.3) is 6.47 Å². The van der Waals surface area contributed by atoms with Crippen molar-refractivity contribution >= 4 is 6.47 Å². The van der Waals surface area contributed by atoms with Crippen LogP contribution in [0.15, 0.2) is 11.6 Å². The maximum Gasteiger partial charge on any atom is 0.293 e. The van der Waals surface area contributed by atoms with Gasteiger partial charge in [0.05, 0.1) is 0 Å². The molecule has 4 nitrogen and oxygen atoms in total. The van der Waals surface area contributed by atoms with Crippen molar-refractivity contribution in [2.75, 3.05) is 0 Å². The van der Waals surface area contributed by atoms with Crippen molar-refractivity contribution in [3.05, 3.63) is 11.6 Å². The zero-order valence-corrected chi connectivity index (χ0v) is 7.09. The van der Waals surface area contributed by atoms with Crippen LogP contribution in [0.1, 0.15) is 12.8 Å². The van der Waals surface area contributed by atoms with Crippen molar-refractivity contribution in [3.63, 3.8) is 0 Å². The van der Waals surface area contributed by atoms with Crippen LogP contribution in [0, 0.1) is 11.8 Å². The maximum atomic E-state index is 10.1. The molecule has 0 spiro atoms. The summed E-state index contributed by atoms with van der Waals surface area (Å²) in [6.07, 6.45) is 1.93. The van der Waals surface area contributed by atoms with E-state index in [-0.39, 0.29) is 17.9 Å². The zero-order valence-electron chi connectivity index (χ0n) is 7.09. The van der Waals surface area contributed by atoms with Crippen molar-refractivity contribution in [1.82, 2.24) is 0 Å². The molecule has 0 amide bonds. The van der Waals surface area contributed by atoms with Crippen LogP contribution >= 0.6 is 0 Å². The summed E-state index contributed by atoms with van der Waals surface area (Å²) in [5.41, 5.74) is 1.18. The number of carbonyl (C=O) groups is 1. The second kappa shape index (κ2) is 3.12. The molecule has 72 valence electrons. The number of fused-ring (bicyclic) bond motifs is 2. The normalized spacial score (nSPS) is 36.5. The average Bonchev–Trinajstić information content (AvgIpc) is 2.62. The third-order valence-electron chi connectivity index (χ3n) is 2.96. The highest BCUT2D eigenvalue weighted by Crippen LogP contribution is 2.46. The summed E-state index contributed by atoms with van der Waals surface area (Å²) in [6.45, 7) is 0.420. The van der Waals surface area contributed by atoms with E-state index >= 15 is 0 Å². The van der Waals surface area contributed by atoms with Gasteiger partial charge in [-0.25, -0.2) is 0 Å². The van der Waals surface area contributed by atoms with Gasteiger partial charge in [-0.1, -0.05) is 5.57 Å². The highest BCUT2D eigenvalue weighted by molar-refractivity contribution is 5.39. The maximum absolute atomic E-state index is 10.1. The van der Waals surface area contributed by atoms with Gasteiger partial charge < -0.3 is 14.9 Å². The predicted octanol–water partition coefficient (Wildman–Crippen LogP) is -0.195. The lowest BCUT2D eigenvalue weighted by Gasteiger charge is -2.26. The molecule has 4 heteroatoms. The molecule has 3 unspecified atom stereocenters. The van der Waals surface area contributed by atoms with Gasteiger partial charge in [-0.2, -0.15) is 0 Å². The van der Waals surface area contributed by atoms with E-state index in [1.807, 2.05) is 6.08 Å². The SMILES string of the molecule is O=COC1C=C2CC(C(O)O)C1C2. The Morgan fingerprint density at radius 2 is 2.31 bits per heavy atom. The summed E-state index contributed by atoms with van der Waals surface area (Å²) in [4.78, 5) is 10.1. The van der Waals surface area contributed by atoms with Crippen LogP contribution in [0.25, 0.3) is 0 Å². The van der Waals surface area contributed by atoms with Crippen LogP contribution < -0.4 is 0 Å². The first kappa shape index (κ1) is 8.72. The van der Waals surface area contributed by atoms with Crippen molar-refractivity contribution in [3.8, 4) is 0 Å². The third kappa shape index (κ3) is 1.36. The van der Waals surface area contributed by atoms with Crippen LogP contribution in [0.5, 0.6) is 0 Å². The quantitative estimate of drug-likeness (QED) is 0.362. The Kier molecular flexibility index (Phi) is 2.09. The lowest BCUT2D eigenvalue weighted by atomic mass is 9.89. The largest absolute Gasteiger partial charge is 0.460 e.